The van der Waals surface area contributed by atoms with Crippen LogP contribution in [0.3, 0.4) is 0 Å². The van der Waals surface area contributed by atoms with Crippen molar-refractivity contribution in [3.8, 4) is 5.75 Å². The molecule has 1 aliphatic heterocycles. The van der Waals surface area contributed by atoms with Gasteiger partial charge in [-0.2, -0.15) is 0 Å². The molecular weight excluding hydrogens is 612 g/mol. The van der Waals surface area contributed by atoms with E-state index in [9.17, 15) is 9.59 Å². The van der Waals surface area contributed by atoms with Gasteiger partial charge in [0, 0.05) is 5.56 Å². The number of halogens is 1. The van der Waals surface area contributed by atoms with Gasteiger partial charge in [0.15, 0.2) is 4.80 Å². The first kappa shape index (κ1) is 29.5. The second kappa shape index (κ2) is 12.9. The zero-order valence-electron chi connectivity index (χ0n) is 23.7. The monoisotopic (exact) mass is 642 g/mol. The third kappa shape index (κ3) is 5.96. The Bertz CT molecular complexity index is 1840. The molecule has 1 atom stereocenters. The van der Waals surface area contributed by atoms with E-state index in [0.29, 0.717) is 38.9 Å². The summed E-state index contributed by atoms with van der Waals surface area (Å²) in [6, 6.07) is 22.6. The summed E-state index contributed by atoms with van der Waals surface area (Å²) >= 11 is 4.85. The summed E-state index contributed by atoms with van der Waals surface area (Å²) in [4.78, 5) is 33.1. The average Bonchev–Trinajstić information content (AvgIpc) is 3.30. The maximum atomic E-state index is 14.1. The molecule has 0 fully saturated rings. The molecule has 4 aromatic rings. The average molecular weight is 644 g/mol. The lowest BCUT2D eigenvalue weighted by Gasteiger charge is -2.26. The number of esters is 1. The van der Waals surface area contributed by atoms with Crippen LogP contribution in [-0.4, -0.2) is 23.8 Å². The van der Waals surface area contributed by atoms with Crippen LogP contribution in [0.2, 0.25) is 0 Å². The van der Waals surface area contributed by atoms with E-state index in [2.05, 4.69) is 36.4 Å². The van der Waals surface area contributed by atoms with E-state index in [4.69, 9.17) is 14.5 Å². The molecule has 1 aromatic heterocycles. The molecule has 0 unspecified atom stereocenters. The lowest BCUT2D eigenvalue weighted by atomic mass is 9.91. The van der Waals surface area contributed by atoms with Crippen molar-refractivity contribution in [2.75, 3.05) is 13.2 Å². The molecule has 0 bridgehead atoms. The lowest BCUT2D eigenvalue weighted by molar-refractivity contribution is -0.138. The fourth-order valence-electron chi connectivity index (χ4n) is 4.84. The van der Waals surface area contributed by atoms with Crippen LogP contribution in [-0.2, 0) is 9.53 Å². The van der Waals surface area contributed by atoms with E-state index >= 15 is 0 Å². The van der Waals surface area contributed by atoms with Gasteiger partial charge in [0.2, 0.25) is 0 Å². The van der Waals surface area contributed by atoms with Gasteiger partial charge in [0.25, 0.3) is 5.56 Å². The minimum atomic E-state index is -0.708. The Hall–Kier alpha value is -4.01. The van der Waals surface area contributed by atoms with Gasteiger partial charge in [-0.25, -0.2) is 9.79 Å². The highest BCUT2D eigenvalue weighted by atomic mass is 79.9. The molecule has 1 aliphatic rings. The SMILES string of the molecule is C=CCOc1ccc(/C=c2\sc3n(c2=O)[C@@H](c2ccc(C(C)C)cc2)C(C(=O)OCC)=C(c2ccccc2)N=3)cc1Br. The molecule has 214 valence electrons. The molecular formula is C34H31BrN2O4S. The normalized spacial score (nSPS) is 14.9. The number of aromatic nitrogens is 1. The molecule has 42 heavy (non-hydrogen) atoms. The first-order chi connectivity index (χ1) is 20.3. The van der Waals surface area contributed by atoms with Crippen molar-refractivity contribution < 1.29 is 14.3 Å². The Morgan fingerprint density at radius 3 is 2.50 bits per heavy atom. The summed E-state index contributed by atoms with van der Waals surface area (Å²) in [5, 5.41) is 0. The van der Waals surface area contributed by atoms with Gasteiger partial charge < -0.3 is 9.47 Å². The number of benzene rings is 3. The minimum absolute atomic E-state index is 0.204. The maximum Gasteiger partial charge on any atom is 0.338 e. The van der Waals surface area contributed by atoms with Crippen LogP contribution in [0.15, 0.2) is 105 Å². The van der Waals surface area contributed by atoms with E-state index in [0.717, 1.165) is 21.2 Å². The maximum absolute atomic E-state index is 14.1. The van der Waals surface area contributed by atoms with E-state index in [1.165, 1.54) is 16.9 Å². The van der Waals surface area contributed by atoms with Crippen molar-refractivity contribution >= 4 is 45.0 Å². The van der Waals surface area contributed by atoms with Crippen molar-refractivity contribution in [3.63, 3.8) is 0 Å². The number of carbonyl (C=O) groups is 1. The lowest BCUT2D eigenvalue weighted by Crippen LogP contribution is -2.40. The van der Waals surface area contributed by atoms with Crippen LogP contribution in [0, 0.1) is 0 Å². The van der Waals surface area contributed by atoms with Gasteiger partial charge in [-0.1, -0.05) is 98.5 Å². The predicted octanol–water partition coefficient (Wildman–Crippen LogP) is 6.39. The van der Waals surface area contributed by atoms with Crippen molar-refractivity contribution in [2.24, 2.45) is 4.99 Å². The fraction of sp³-hybridized carbons (Fsp3) is 0.206. The zero-order valence-corrected chi connectivity index (χ0v) is 26.1. The summed E-state index contributed by atoms with van der Waals surface area (Å²) in [7, 11) is 0. The van der Waals surface area contributed by atoms with Gasteiger partial charge in [-0.3, -0.25) is 9.36 Å². The van der Waals surface area contributed by atoms with Gasteiger partial charge in [0.1, 0.15) is 12.4 Å². The summed E-state index contributed by atoms with van der Waals surface area (Å²) in [6.07, 6.45) is 3.52. The fourth-order valence-corrected chi connectivity index (χ4v) is 6.35. The number of ether oxygens (including phenoxy) is 2. The topological polar surface area (TPSA) is 69.9 Å². The molecule has 0 saturated carbocycles. The van der Waals surface area contributed by atoms with Crippen molar-refractivity contribution in [2.45, 2.75) is 32.7 Å². The van der Waals surface area contributed by atoms with Crippen molar-refractivity contribution in [3.05, 3.63) is 137 Å². The quantitative estimate of drug-likeness (QED) is 0.157. The number of thiazole rings is 1. The van der Waals surface area contributed by atoms with Crippen LogP contribution in [0.4, 0.5) is 0 Å². The van der Waals surface area contributed by atoms with E-state index in [1.54, 1.807) is 17.6 Å². The molecule has 0 radical (unpaired) electrons. The number of hydrogen-bond donors (Lipinski definition) is 0. The predicted molar refractivity (Wildman–Crippen MR) is 171 cm³/mol. The number of hydrogen-bond acceptors (Lipinski definition) is 6. The zero-order chi connectivity index (χ0) is 29.8. The number of carbonyl (C=O) groups excluding carboxylic acids is 1. The van der Waals surface area contributed by atoms with Crippen molar-refractivity contribution in [1.82, 2.24) is 4.57 Å². The molecule has 3 aromatic carbocycles. The van der Waals surface area contributed by atoms with Crippen molar-refractivity contribution in [1.29, 1.82) is 0 Å². The van der Waals surface area contributed by atoms with E-state index in [1.807, 2.05) is 78.9 Å². The Morgan fingerprint density at radius 2 is 1.86 bits per heavy atom. The second-order valence-corrected chi connectivity index (χ2v) is 11.9. The van der Waals surface area contributed by atoms with E-state index < -0.39 is 12.0 Å². The molecule has 0 amide bonds. The van der Waals surface area contributed by atoms with Gasteiger partial charge in [-0.15, -0.1) is 0 Å². The van der Waals surface area contributed by atoms with Crippen LogP contribution < -0.4 is 19.6 Å². The van der Waals surface area contributed by atoms with Crippen LogP contribution in [0.1, 0.15) is 55.0 Å². The molecule has 2 heterocycles. The van der Waals surface area contributed by atoms with Gasteiger partial charge in [0.05, 0.1) is 32.9 Å². The minimum Gasteiger partial charge on any atom is -0.488 e. The number of nitrogens with zero attached hydrogens (tertiary/aromatic N) is 2. The van der Waals surface area contributed by atoms with Gasteiger partial charge >= 0.3 is 5.97 Å². The Labute approximate surface area is 257 Å². The Kier molecular flexibility index (Phi) is 9.04. The Morgan fingerprint density at radius 1 is 1.12 bits per heavy atom. The smallest absolute Gasteiger partial charge is 0.338 e. The van der Waals surface area contributed by atoms with Crippen LogP contribution >= 0.6 is 27.3 Å². The first-order valence-electron chi connectivity index (χ1n) is 13.7. The third-order valence-corrected chi connectivity index (χ3v) is 8.51. The second-order valence-electron chi connectivity index (χ2n) is 10.0. The highest BCUT2D eigenvalue weighted by Gasteiger charge is 2.35. The van der Waals surface area contributed by atoms with Crippen LogP contribution in [0.25, 0.3) is 11.8 Å². The molecule has 0 aliphatic carbocycles. The van der Waals surface area contributed by atoms with E-state index in [-0.39, 0.29) is 12.2 Å². The summed E-state index contributed by atoms with van der Waals surface area (Å²) in [6.45, 7) is 10.3. The first-order valence-corrected chi connectivity index (χ1v) is 15.3. The third-order valence-electron chi connectivity index (χ3n) is 6.90. The van der Waals surface area contributed by atoms with Gasteiger partial charge in [-0.05, 0) is 63.7 Å². The highest BCUT2D eigenvalue weighted by molar-refractivity contribution is 9.10. The number of fused-ring (bicyclic) bond motifs is 1. The Balaban J connectivity index is 1.74. The standard InChI is InChI=1S/C34H31BrN2O4S/c1-5-18-41-27-17-12-22(19-26(27)35)20-28-32(38)37-31(25-15-13-23(14-16-25)21(3)4)29(33(39)40-6-2)30(36-34(37)42-28)24-10-8-7-9-11-24/h5,7-17,19-21,31H,1,6,18H2,2-4H3/b28-20-/t31-/m0/s1. The largest absolute Gasteiger partial charge is 0.488 e. The molecule has 0 spiro atoms. The molecule has 5 rings (SSSR count). The molecule has 6 nitrogen and oxygen atoms in total. The molecule has 0 saturated heterocycles. The molecule has 8 heteroatoms. The summed E-state index contributed by atoms with van der Waals surface area (Å²) in [5.41, 5.74) is 4.20. The summed E-state index contributed by atoms with van der Waals surface area (Å²) < 4.78 is 14.1. The number of rotatable bonds is 9. The van der Waals surface area contributed by atoms with Crippen LogP contribution in [0.5, 0.6) is 5.75 Å². The highest BCUT2D eigenvalue weighted by Crippen LogP contribution is 2.35. The summed E-state index contributed by atoms with van der Waals surface area (Å²) in [5.74, 6) is 0.533. The molecule has 0 N–H and O–H groups in total.